The van der Waals surface area contributed by atoms with Gasteiger partial charge in [0.25, 0.3) is 0 Å². The van der Waals surface area contributed by atoms with Gasteiger partial charge in [0.2, 0.25) is 11.8 Å². The van der Waals surface area contributed by atoms with Crippen LogP contribution in [0.1, 0.15) is 36.1 Å². The number of benzene rings is 2. The lowest BCUT2D eigenvalue weighted by Crippen LogP contribution is -2.41. The predicted octanol–water partition coefficient (Wildman–Crippen LogP) is 4.52. The minimum atomic E-state index is -1.20. The molecule has 0 bridgehead atoms. The third-order valence-corrected chi connectivity index (χ3v) is 4.09. The smallest absolute Gasteiger partial charge is 0.239 e. The Kier molecular flexibility index (Phi) is 5.31. The SMILES string of the molecule is Cc1cc(C)cc(NC(=O)C(C)(C)C(=O)Nc2cc(C)cc(C)c2)c1. The van der Waals surface area contributed by atoms with E-state index in [-0.39, 0.29) is 11.8 Å². The van der Waals surface area contributed by atoms with Crippen molar-refractivity contribution < 1.29 is 9.59 Å². The Morgan fingerprint density at radius 3 is 1.20 bits per heavy atom. The molecule has 0 saturated heterocycles. The first-order chi connectivity index (χ1) is 11.6. The summed E-state index contributed by atoms with van der Waals surface area (Å²) in [4.78, 5) is 25.3. The van der Waals surface area contributed by atoms with E-state index in [9.17, 15) is 9.59 Å². The van der Waals surface area contributed by atoms with Gasteiger partial charge in [-0.05, 0) is 88.1 Å². The van der Waals surface area contributed by atoms with Gasteiger partial charge in [-0.1, -0.05) is 12.1 Å². The Labute approximate surface area is 149 Å². The summed E-state index contributed by atoms with van der Waals surface area (Å²) in [6.45, 7) is 11.1. The van der Waals surface area contributed by atoms with E-state index in [2.05, 4.69) is 10.6 Å². The Hall–Kier alpha value is -2.62. The van der Waals surface area contributed by atoms with Gasteiger partial charge in [0.1, 0.15) is 5.41 Å². The molecule has 0 aliphatic heterocycles. The summed E-state index contributed by atoms with van der Waals surface area (Å²) in [5.74, 6) is -0.668. The first-order valence-corrected chi connectivity index (χ1v) is 8.37. The van der Waals surface area contributed by atoms with Gasteiger partial charge in [-0.15, -0.1) is 0 Å². The summed E-state index contributed by atoms with van der Waals surface area (Å²) in [6, 6.07) is 11.6. The third kappa shape index (κ3) is 4.69. The molecule has 2 aromatic rings. The molecular weight excluding hydrogens is 312 g/mol. The third-order valence-electron chi connectivity index (χ3n) is 4.09. The van der Waals surface area contributed by atoms with Gasteiger partial charge in [0.15, 0.2) is 0 Å². The van der Waals surface area contributed by atoms with Gasteiger partial charge >= 0.3 is 0 Å². The van der Waals surface area contributed by atoms with Crippen molar-refractivity contribution in [3.63, 3.8) is 0 Å². The summed E-state index contributed by atoms with van der Waals surface area (Å²) < 4.78 is 0. The van der Waals surface area contributed by atoms with Crippen LogP contribution >= 0.6 is 0 Å². The molecule has 0 aliphatic carbocycles. The molecule has 0 saturated carbocycles. The van der Waals surface area contributed by atoms with E-state index in [1.165, 1.54) is 0 Å². The van der Waals surface area contributed by atoms with E-state index in [0.717, 1.165) is 22.3 Å². The normalized spacial score (nSPS) is 11.1. The number of carbonyl (C=O) groups excluding carboxylic acids is 2. The zero-order chi connectivity index (χ0) is 18.8. The maximum atomic E-state index is 12.7. The zero-order valence-corrected chi connectivity index (χ0v) is 15.8. The van der Waals surface area contributed by atoms with Gasteiger partial charge in [0, 0.05) is 11.4 Å². The zero-order valence-electron chi connectivity index (χ0n) is 15.8. The van der Waals surface area contributed by atoms with Crippen molar-refractivity contribution in [2.75, 3.05) is 10.6 Å². The molecule has 2 rings (SSSR count). The van der Waals surface area contributed by atoms with Crippen LogP contribution in [0.4, 0.5) is 11.4 Å². The molecule has 2 aromatic carbocycles. The fraction of sp³-hybridized carbons (Fsp3) is 0.333. The van der Waals surface area contributed by atoms with Gasteiger partial charge in [-0.2, -0.15) is 0 Å². The molecule has 2 N–H and O–H groups in total. The van der Waals surface area contributed by atoms with E-state index in [0.29, 0.717) is 11.4 Å². The van der Waals surface area contributed by atoms with E-state index < -0.39 is 5.41 Å². The van der Waals surface area contributed by atoms with Crippen molar-refractivity contribution in [2.24, 2.45) is 5.41 Å². The average molecular weight is 338 g/mol. The maximum absolute atomic E-state index is 12.7. The summed E-state index contributed by atoms with van der Waals surface area (Å²) in [7, 11) is 0. The number of hydrogen-bond donors (Lipinski definition) is 2. The lowest BCUT2D eigenvalue weighted by Gasteiger charge is -2.23. The maximum Gasteiger partial charge on any atom is 0.239 e. The molecule has 4 heteroatoms. The van der Waals surface area contributed by atoms with Gasteiger partial charge in [-0.25, -0.2) is 0 Å². The largest absolute Gasteiger partial charge is 0.325 e. The summed E-state index contributed by atoms with van der Waals surface area (Å²) in [5, 5.41) is 5.71. The second-order valence-electron chi connectivity index (χ2n) is 7.29. The molecule has 0 atom stereocenters. The minimum Gasteiger partial charge on any atom is -0.325 e. The molecule has 132 valence electrons. The van der Waals surface area contributed by atoms with E-state index >= 15 is 0 Å². The molecule has 0 aromatic heterocycles. The van der Waals surface area contributed by atoms with Crippen LogP contribution in [0.3, 0.4) is 0 Å². The van der Waals surface area contributed by atoms with Crippen LogP contribution in [-0.2, 0) is 9.59 Å². The second-order valence-corrected chi connectivity index (χ2v) is 7.29. The summed E-state index contributed by atoms with van der Waals surface area (Å²) >= 11 is 0. The highest BCUT2D eigenvalue weighted by Crippen LogP contribution is 2.23. The van der Waals surface area contributed by atoms with Crippen LogP contribution in [0.5, 0.6) is 0 Å². The quantitative estimate of drug-likeness (QED) is 0.805. The highest BCUT2D eigenvalue weighted by molar-refractivity contribution is 6.14. The number of carbonyl (C=O) groups is 2. The van der Waals surface area contributed by atoms with Crippen molar-refractivity contribution in [2.45, 2.75) is 41.5 Å². The molecule has 0 spiro atoms. The molecule has 4 nitrogen and oxygen atoms in total. The fourth-order valence-electron chi connectivity index (χ4n) is 2.77. The van der Waals surface area contributed by atoms with Crippen molar-refractivity contribution in [1.82, 2.24) is 0 Å². The number of amides is 2. The summed E-state index contributed by atoms with van der Waals surface area (Å²) in [6.07, 6.45) is 0. The molecule has 2 amide bonds. The number of anilines is 2. The van der Waals surface area contributed by atoms with E-state index in [1.807, 2.05) is 64.1 Å². The summed E-state index contributed by atoms with van der Waals surface area (Å²) in [5.41, 5.74) is 4.46. The minimum absolute atomic E-state index is 0.334. The van der Waals surface area contributed by atoms with Gasteiger partial charge in [0.05, 0.1) is 0 Å². The number of aryl methyl sites for hydroxylation is 4. The van der Waals surface area contributed by atoms with Crippen LogP contribution in [0, 0.1) is 33.1 Å². The highest BCUT2D eigenvalue weighted by atomic mass is 16.2. The Morgan fingerprint density at radius 1 is 0.640 bits per heavy atom. The number of nitrogens with one attached hydrogen (secondary N) is 2. The lowest BCUT2D eigenvalue weighted by atomic mass is 9.90. The highest BCUT2D eigenvalue weighted by Gasteiger charge is 2.36. The van der Waals surface area contributed by atoms with E-state index in [1.54, 1.807) is 13.8 Å². The number of hydrogen-bond acceptors (Lipinski definition) is 2. The van der Waals surface area contributed by atoms with Gasteiger partial charge in [-0.3, -0.25) is 9.59 Å². The first-order valence-electron chi connectivity index (χ1n) is 8.37. The Balaban J connectivity index is 2.15. The number of rotatable bonds is 4. The van der Waals surface area contributed by atoms with Crippen molar-refractivity contribution in [3.8, 4) is 0 Å². The van der Waals surface area contributed by atoms with Crippen LogP contribution in [0.15, 0.2) is 36.4 Å². The Morgan fingerprint density at radius 2 is 0.920 bits per heavy atom. The molecule has 25 heavy (non-hydrogen) atoms. The second kappa shape index (κ2) is 7.09. The van der Waals surface area contributed by atoms with Crippen molar-refractivity contribution in [3.05, 3.63) is 58.7 Å². The Bertz CT molecular complexity index is 715. The van der Waals surface area contributed by atoms with Crippen molar-refractivity contribution in [1.29, 1.82) is 0 Å². The standard InChI is InChI=1S/C21H26N2O2/c1-13-7-14(2)10-17(9-13)22-19(24)21(5,6)20(25)23-18-11-15(3)8-16(4)12-18/h7-12H,1-6H3,(H,22,24)(H,23,25). The van der Waals surface area contributed by atoms with Crippen LogP contribution in [-0.4, -0.2) is 11.8 Å². The lowest BCUT2D eigenvalue weighted by molar-refractivity contribution is -0.135. The average Bonchev–Trinajstić information content (AvgIpc) is 2.44. The fourth-order valence-corrected chi connectivity index (χ4v) is 2.77. The monoisotopic (exact) mass is 338 g/mol. The van der Waals surface area contributed by atoms with Gasteiger partial charge < -0.3 is 10.6 Å². The molecular formula is C21H26N2O2. The van der Waals surface area contributed by atoms with E-state index in [4.69, 9.17) is 0 Å². The molecule has 0 radical (unpaired) electrons. The first kappa shape index (κ1) is 18.7. The topological polar surface area (TPSA) is 58.2 Å². The van der Waals surface area contributed by atoms with Crippen molar-refractivity contribution >= 4 is 23.2 Å². The molecule has 0 heterocycles. The van der Waals surface area contributed by atoms with Crippen LogP contribution in [0.2, 0.25) is 0 Å². The van der Waals surface area contributed by atoms with Crippen LogP contribution < -0.4 is 10.6 Å². The molecule has 0 aliphatic rings. The van der Waals surface area contributed by atoms with Crippen LogP contribution in [0.25, 0.3) is 0 Å². The molecule has 0 unspecified atom stereocenters. The molecule has 0 fully saturated rings. The predicted molar refractivity (Wildman–Crippen MR) is 103 cm³/mol.